The van der Waals surface area contributed by atoms with Gasteiger partial charge in [0.05, 0.1) is 13.2 Å². The number of nitrogens with two attached hydrogens (primary N) is 1. The minimum atomic E-state index is -0.308. The summed E-state index contributed by atoms with van der Waals surface area (Å²) in [6.07, 6.45) is 3.78. The van der Waals surface area contributed by atoms with Crippen LogP contribution in [-0.2, 0) is 16.0 Å². The Hall–Kier alpha value is -0.730. The molecule has 22 heavy (non-hydrogen) atoms. The third kappa shape index (κ3) is 2.55. The zero-order chi connectivity index (χ0) is 15.2. The molecule has 7 heteroatoms. The van der Waals surface area contributed by atoms with E-state index in [9.17, 15) is 0 Å². The Morgan fingerprint density at radius 1 is 1.32 bits per heavy atom. The summed E-state index contributed by atoms with van der Waals surface area (Å²) in [7, 11) is 0. The number of fused-ring (bicyclic) bond motifs is 1. The smallest absolute Gasteiger partial charge is 0.170 e. The van der Waals surface area contributed by atoms with Crippen molar-refractivity contribution in [3.63, 3.8) is 0 Å². The van der Waals surface area contributed by atoms with Crippen LogP contribution in [0.4, 0.5) is 5.82 Å². The van der Waals surface area contributed by atoms with Gasteiger partial charge in [-0.15, -0.1) is 11.3 Å². The van der Waals surface area contributed by atoms with Gasteiger partial charge in [0.1, 0.15) is 5.82 Å². The summed E-state index contributed by atoms with van der Waals surface area (Å²) in [5, 5.41) is 3.12. The van der Waals surface area contributed by atoms with Crippen molar-refractivity contribution in [2.24, 2.45) is 0 Å². The monoisotopic (exact) mass is 383 g/mol. The van der Waals surface area contributed by atoms with Crippen molar-refractivity contribution >= 4 is 43.2 Å². The number of halogens is 1. The van der Waals surface area contributed by atoms with E-state index in [0.29, 0.717) is 5.82 Å². The van der Waals surface area contributed by atoms with Crippen LogP contribution in [0.2, 0.25) is 0 Å². The van der Waals surface area contributed by atoms with Gasteiger partial charge in [-0.2, -0.15) is 0 Å². The maximum Gasteiger partial charge on any atom is 0.170 e. The van der Waals surface area contributed by atoms with Gasteiger partial charge in [-0.05, 0) is 15.9 Å². The minimum Gasteiger partial charge on any atom is -0.383 e. The maximum absolute atomic E-state index is 6.00. The number of nitrogen functional groups attached to an aromatic ring is 1. The first-order valence-corrected chi connectivity index (χ1v) is 9.14. The van der Waals surface area contributed by atoms with Crippen LogP contribution in [0.15, 0.2) is 16.0 Å². The van der Waals surface area contributed by atoms with E-state index in [1.807, 2.05) is 6.20 Å². The van der Waals surface area contributed by atoms with Crippen LogP contribution in [0, 0.1) is 0 Å². The SMILES string of the molecule is Nc1ncc(CN2CCC3(CC2)OCCO3)c2scc(Br)c12. The fourth-order valence-electron chi connectivity index (χ4n) is 3.27. The van der Waals surface area contributed by atoms with E-state index in [-0.39, 0.29) is 5.79 Å². The van der Waals surface area contributed by atoms with Crippen LogP contribution in [-0.4, -0.2) is 42.0 Å². The molecule has 5 nitrogen and oxygen atoms in total. The van der Waals surface area contributed by atoms with E-state index in [2.05, 4.69) is 31.2 Å². The molecule has 2 aromatic heterocycles. The number of ether oxygens (including phenoxy) is 2. The Balaban J connectivity index is 1.51. The molecule has 4 rings (SSSR count). The largest absolute Gasteiger partial charge is 0.383 e. The van der Waals surface area contributed by atoms with E-state index in [1.54, 1.807) is 11.3 Å². The van der Waals surface area contributed by atoms with Gasteiger partial charge in [0.2, 0.25) is 0 Å². The summed E-state index contributed by atoms with van der Waals surface area (Å²) in [5.74, 6) is 0.286. The van der Waals surface area contributed by atoms with Crippen molar-refractivity contribution in [3.05, 3.63) is 21.6 Å². The summed E-state index contributed by atoms with van der Waals surface area (Å²) >= 11 is 5.28. The van der Waals surface area contributed by atoms with Gasteiger partial charge in [-0.1, -0.05) is 0 Å². The van der Waals surface area contributed by atoms with Gasteiger partial charge in [0.15, 0.2) is 5.79 Å². The number of nitrogens with zero attached hydrogens (tertiary/aromatic N) is 2. The normalized spacial score (nSPS) is 21.9. The average Bonchev–Trinajstić information content (AvgIpc) is 3.13. The Labute approximate surface area is 141 Å². The summed E-state index contributed by atoms with van der Waals surface area (Å²) in [6.45, 7) is 4.32. The lowest BCUT2D eigenvalue weighted by Crippen LogP contribution is -2.44. The molecule has 4 heterocycles. The second kappa shape index (κ2) is 5.72. The van der Waals surface area contributed by atoms with Gasteiger partial charge in [-0.3, -0.25) is 4.90 Å². The molecule has 2 aliphatic heterocycles. The molecule has 2 saturated heterocycles. The molecular weight excluding hydrogens is 366 g/mol. The van der Waals surface area contributed by atoms with Crippen molar-refractivity contribution in [1.29, 1.82) is 0 Å². The van der Waals surface area contributed by atoms with Crippen molar-refractivity contribution in [1.82, 2.24) is 9.88 Å². The zero-order valence-corrected chi connectivity index (χ0v) is 14.6. The zero-order valence-electron chi connectivity index (χ0n) is 12.2. The van der Waals surface area contributed by atoms with Gasteiger partial charge in [0, 0.05) is 64.2 Å². The molecule has 0 atom stereocenters. The van der Waals surface area contributed by atoms with Crippen molar-refractivity contribution in [2.75, 3.05) is 32.0 Å². The molecule has 2 N–H and O–H groups in total. The number of likely N-dealkylation sites (tertiary alicyclic amines) is 1. The van der Waals surface area contributed by atoms with Crippen LogP contribution >= 0.6 is 27.3 Å². The van der Waals surface area contributed by atoms with Gasteiger partial charge in [-0.25, -0.2) is 4.98 Å². The first-order chi connectivity index (χ1) is 10.7. The number of anilines is 1. The van der Waals surface area contributed by atoms with Crippen LogP contribution in [0.5, 0.6) is 0 Å². The van der Waals surface area contributed by atoms with E-state index < -0.39 is 0 Å². The van der Waals surface area contributed by atoms with Crippen molar-refractivity contribution < 1.29 is 9.47 Å². The predicted octanol–water partition coefficient (Wildman–Crippen LogP) is 2.98. The quantitative estimate of drug-likeness (QED) is 0.863. The summed E-state index contributed by atoms with van der Waals surface area (Å²) in [6, 6.07) is 0. The number of thiophene rings is 1. The Bertz CT molecular complexity index is 689. The molecule has 0 unspecified atom stereocenters. The molecule has 2 aliphatic rings. The Morgan fingerprint density at radius 3 is 2.77 bits per heavy atom. The third-order valence-electron chi connectivity index (χ3n) is 4.48. The fraction of sp³-hybridized carbons (Fsp3) is 0.533. The molecule has 0 bridgehead atoms. The fourth-order valence-corrected chi connectivity index (χ4v) is 5.03. The van der Waals surface area contributed by atoms with Gasteiger partial charge < -0.3 is 15.2 Å². The minimum absolute atomic E-state index is 0.308. The number of hydrogen-bond acceptors (Lipinski definition) is 6. The standard InChI is InChI=1S/C15H18BrN3O2S/c16-11-9-22-13-10(7-18-14(17)12(11)13)8-19-3-1-15(2-4-19)20-5-6-21-15/h7,9H,1-6,8H2,(H2,17,18). The van der Waals surface area contributed by atoms with E-state index in [4.69, 9.17) is 15.2 Å². The highest BCUT2D eigenvalue weighted by molar-refractivity contribution is 9.10. The van der Waals surface area contributed by atoms with Gasteiger partial charge >= 0.3 is 0 Å². The van der Waals surface area contributed by atoms with E-state index in [1.165, 1.54) is 10.3 Å². The van der Waals surface area contributed by atoms with E-state index >= 15 is 0 Å². The number of pyridine rings is 1. The van der Waals surface area contributed by atoms with Gasteiger partial charge in [0.25, 0.3) is 0 Å². The lowest BCUT2D eigenvalue weighted by molar-refractivity contribution is -0.185. The molecule has 118 valence electrons. The molecule has 0 aliphatic carbocycles. The number of aromatic nitrogens is 1. The highest BCUT2D eigenvalue weighted by Gasteiger charge is 2.39. The first-order valence-electron chi connectivity index (χ1n) is 7.47. The highest BCUT2D eigenvalue weighted by atomic mass is 79.9. The number of rotatable bonds is 2. The van der Waals surface area contributed by atoms with Crippen molar-refractivity contribution in [3.8, 4) is 0 Å². The lowest BCUT2D eigenvalue weighted by Gasteiger charge is -2.37. The highest BCUT2D eigenvalue weighted by Crippen LogP contribution is 2.37. The molecule has 2 fully saturated rings. The third-order valence-corrected chi connectivity index (χ3v) is 6.46. The summed E-state index contributed by atoms with van der Waals surface area (Å²) < 4.78 is 13.8. The number of piperidine rings is 1. The average molecular weight is 384 g/mol. The molecule has 0 saturated carbocycles. The Morgan fingerprint density at radius 2 is 2.05 bits per heavy atom. The summed E-state index contributed by atoms with van der Waals surface area (Å²) in [5.41, 5.74) is 7.24. The second-order valence-electron chi connectivity index (χ2n) is 5.84. The predicted molar refractivity (Wildman–Crippen MR) is 90.9 cm³/mol. The summed E-state index contributed by atoms with van der Waals surface area (Å²) in [4.78, 5) is 6.80. The Kier molecular flexibility index (Phi) is 3.86. The number of hydrogen-bond donors (Lipinski definition) is 1. The second-order valence-corrected chi connectivity index (χ2v) is 7.57. The first kappa shape index (κ1) is 14.8. The molecule has 0 radical (unpaired) electrons. The molecule has 0 amide bonds. The van der Waals surface area contributed by atoms with Crippen LogP contribution < -0.4 is 5.73 Å². The molecule has 2 aromatic rings. The molecule has 0 aromatic carbocycles. The molecular formula is C15H18BrN3O2S. The van der Waals surface area contributed by atoms with E-state index in [0.717, 1.165) is 55.5 Å². The van der Waals surface area contributed by atoms with Crippen molar-refractivity contribution in [2.45, 2.75) is 25.2 Å². The molecule has 1 spiro atoms. The topological polar surface area (TPSA) is 60.6 Å². The van der Waals surface area contributed by atoms with Crippen LogP contribution in [0.3, 0.4) is 0 Å². The van der Waals surface area contributed by atoms with Crippen LogP contribution in [0.25, 0.3) is 10.1 Å². The lowest BCUT2D eigenvalue weighted by atomic mass is 10.0. The maximum atomic E-state index is 6.00. The van der Waals surface area contributed by atoms with Crippen LogP contribution in [0.1, 0.15) is 18.4 Å².